The van der Waals surface area contributed by atoms with Gasteiger partial charge in [-0.25, -0.2) is 4.39 Å². The highest BCUT2D eigenvalue weighted by Crippen LogP contribution is 2.41. The van der Waals surface area contributed by atoms with Crippen LogP contribution < -0.4 is 0 Å². The van der Waals surface area contributed by atoms with Crippen molar-refractivity contribution >= 4 is 11.8 Å². The molecule has 1 atom stereocenters. The number of furan rings is 1. The van der Waals surface area contributed by atoms with Crippen LogP contribution in [-0.2, 0) is 11.3 Å². The number of hydrogen-bond donors (Lipinski definition) is 0. The first-order valence-corrected chi connectivity index (χ1v) is 8.86. The van der Waals surface area contributed by atoms with Gasteiger partial charge < -0.3 is 14.2 Å². The predicted molar refractivity (Wildman–Crippen MR) is 92.8 cm³/mol. The van der Waals surface area contributed by atoms with Crippen molar-refractivity contribution in [3.8, 4) is 0 Å². The van der Waals surface area contributed by atoms with E-state index < -0.39 is 5.41 Å². The third kappa shape index (κ3) is 2.79. The topological polar surface area (TPSA) is 53.8 Å². The van der Waals surface area contributed by atoms with E-state index >= 15 is 0 Å². The van der Waals surface area contributed by atoms with Gasteiger partial charge in [-0.2, -0.15) is 0 Å². The second kappa shape index (κ2) is 6.27. The highest BCUT2D eigenvalue weighted by molar-refractivity contribution is 5.96. The second-order valence-corrected chi connectivity index (χ2v) is 7.25. The van der Waals surface area contributed by atoms with E-state index in [0.29, 0.717) is 43.9 Å². The fraction of sp³-hybridized carbons (Fsp3) is 0.400. The van der Waals surface area contributed by atoms with Gasteiger partial charge in [0.25, 0.3) is 5.91 Å². The van der Waals surface area contributed by atoms with Crippen LogP contribution in [0.4, 0.5) is 4.39 Å². The standard InChI is InChI=1S/C20H21FN2O3/c1-14-17(5-10-26-14)18(24)23-9-7-20(13-23)6-8-22(19(20)25)12-15-3-2-4-16(21)11-15/h2-5,10-11H,6-9,12-13H2,1H3/t20-/m0/s1. The van der Waals surface area contributed by atoms with Gasteiger partial charge in [0.15, 0.2) is 0 Å². The Kier molecular flexibility index (Phi) is 4.05. The summed E-state index contributed by atoms with van der Waals surface area (Å²) >= 11 is 0. The monoisotopic (exact) mass is 356 g/mol. The summed E-state index contributed by atoms with van der Waals surface area (Å²) in [6.45, 7) is 3.83. The van der Waals surface area contributed by atoms with Crippen LogP contribution >= 0.6 is 0 Å². The lowest BCUT2D eigenvalue weighted by molar-refractivity contribution is -0.135. The molecule has 0 saturated carbocycles. The number of halogens is 1. The molecule has 2 aromatic rings. The maximum absolute atomic E-state index is 13.4. The lowest BCUT2D eigenvalue weighted by Crippen LogP contribution is -2.38. The van der Waals surface area contributed by atoms with Crippen LogP contribution in [0.5, 0.6) is 0 Å². The number of benzene rings is 1. The van der Waals surface area contributed by atoms with E-state index in [1.807, 2.05) is 6.07 Å². The summed E-state index contributed by atoms with van der Waals surface area (Å²) in [4.78, 5) is 29.2. The van der Waals surface area contributed by atoms with Gasteiger partial charge in [-0.1, -0.05) is 12.1 Å². The predicted octanol–water partition coefficient (Wildman–Crippen LogP) is 2.99. The molecule has 3 heterocycles. The van der Waals surface area contributed by atoms with Crippen LogP contribution in [0.3, 0.4) is 0 Å². The first-order valence-electron chi connectivity index (χ1n) is 8.86. The number of amides is 2. The largest absolute Gasteiger partial charge is 0.469 e. The molecule has 136 valence electrons. The molecule has 0 bridgehead atoms. The number of likely N-dealkylation sites (tertiary alicyclic amines) is 2. The van der Waals surface area contributed by atoms with Crippen LogP contribution in [0, 0.1) is 18.2 Å². The molecule has 0 N–H and O–H groups in total. The number of carbonyl (C=O) groups is 2. The average molecular weight is 356 g/mol. The normalized spacial score (nSPS) is 22.6. The smallest absolute Gasteiger partial charge is 0.257 e. The molecule has 4 rings (SSSR count). The van der Waals surface area contributed by atoms with Crippen LogP contribution in [0.2, 0.25) is 0 Å². The first-order chi connectivity index (χ1) is 12.5. The Morgan fingerprint density at radius 1 is 1.27 bits per heavy atom. The van der Waals surface area contributed by atoms with Gasteiger partial charge in [-0.3, -0.25) is 9.59 Å². The fourth-order valence-corrected chi connectivity index (χ4v) is 4.10. The number of aryl methyl sites for hydroxylation is 1. The molecule has 0 aliphatic carbocycles. The number of nitrogens with zero attached hydrogens (tertiary/aromatic N) is 2. The minimum absolute atomic E-state index is 0.0703. The van der Waals surface area contributed by atoms with Crippen molar-refractivity contribution in [1.82, 2.24) is 9.80 Å². The van der Waals surface area contributed by atoms with Crippen molar-refractivity contribution in [1.29, 1.82) is 0 Å². The summed E-state index contributed by atoms with van der Waals surface area (Å²) in [6, 6.07) is 8.02. The van der Waals surface area contributed by atoms with Crippen molar-refractivity contribution in [2.75, 3.05) is 19.6 Å². The SMILES string of the molecule is Cc1occc1C(=O)N1CC[C@@]2(CCN(Cc3cccc(F)c3)C2=O)C1. The van der Waals surface area contributed by atoms with Crippen molar-refractivity contribution in [3.63, 3.8) is 0 Å². The Balaban J connectivity index is 1.46. The quantitative estimate of drug-likeness (QED) is 0.850. The summed E-state index contributed by atoms with van der Waals surface area (Å²) in [7, 11) is 0. The van der Waals surface area contributed by atoms with E-state index in [4.69, 9.17) is 4.42 Å². The van der Waals surface area contributed by atoms with E-state index in [2.05, 4.69) is 0 Å². The highest BCUT2D eigenvalue weighted by Gasteiger charge is 2.51. The Morgan fingerprint density at radius 2 is 2.08 bits per heavy atom. The zero-order valence-corrected chi connectivity index (χ0v) is 14.7. The average Bonchev–Trinajstić information content (AvgIpc) is 3.31. The summed E-state index contributed by atoms with van der Waals surface area (Å²) in [5.41, 5.74) is 0.847. The van der Waals surface area contributed by atoms with Gasteiger partial charge in [-0.15, -0.1) is 0 Å². The number of carbonyl (C=O) groups excluding carboxylic acids is 2. The fourth-order valence-electron chi connectivity index (χ4n) is 4.10. The van der Waals surface area contributed by atoms with Crippen molar-refractivity contribution in [2.45, 2.75) is 26.3 Å². The third-order valence-electron chi connectivity index (χ3n) is 5.59. The molecule has 2 aliphatic rings. The summed E-state index contributed by atoms with van der Waals surface area (Å²) in [6.07, 6.45) is 2.92. The molecule has 0 radical (unpaired) electrons. The highest BCUT2D eigenvalue weighted by atomic mass is 19.1. The van der Waals surface area contributed by atoms with Gasteiger partial charge >= 0.3 is 0 Å². The van der Waals surface area contributed by atoms with Crippen LogP contribution in [0.25, 0.3) is 0 Å². The maximum Gasteiger partial charge on any atom is 0.257 e. The molecule has 1 aromatic carbocycles. The van der Waals surface area contributed by atoms with Crippen LogP contribution in [0.15, 0.2) is 41.0 Å². The molecule has 2 amide bonds. The Morgan fingerprint density at radius 3 is 2.81 bits per heavy atom. The number of hydrogen-bond acceptors (Lipinski definition) is 3. The summed E-state index contributed by atoms with van der Waals surface area (Å²) < 4.78 is 18.6. The third-order valence-corrected chi connectivity index (χ3v) is 5.59. The second-order valence-electron chi connectivity index (χ2n) is 7.25. The van der Waals surface area contributed by atoms with Gasteiger partial charge in [0.2, 0.25) is 5.91 Å². The van der Waals surface area contributed by atoms with Crippen LogP contribution in [-0.4, -0.2) is 41.2 Å². The lowest BCUT2D eigenvalue weighted by atomic mass is 9.85. The van der Waals surface area contributed by atoms with Crippen molar-refractivity contribution in [3.05, 3.63) is 59.3 Å². The number of rotatable bonds is 3. The maximum atomic E-state index is 13.4. The molecule has 1 aromatic heterocycles. The van der Waals surface area contributed by atoms with Gasteiger partial charge in [0.05, 0.1) is 17.2 Å². The Hall–Kier alpha value is -2.63. The minimum atomic E-state index is -0.499. The summed E-state index contributed by atoms with van der Waals surface area (Å²) in [5.74, 6) is 0.295. The Labute approximate surface area is 151 Å². The zero-order chi connectivity index (χ0) is 18.3. The molecule has 2 saturated heterocycles. The van der Waals surface area contributed by atoms with Gasteiger partial charge in [0.1, 0.15) is 11.6 Å². The van der Waals surface area contributed by atoms with Gasteiger partial charge in [-0.05, 0) is 43.5 Å². The van der Waals surface area contributed by atoms with Crippen LogP contribution in [0.1, 0.15) is 34.5 Å². The van der Waals surface area contributed by atoms with Crippen molar-refractivity contribution < 1.29 is 18.4 Å². The first kappa shape index (κ1) is 16.8. The van der Waals surface area contributed by atoms with E-state index in [1.54, 1.807) is 28.9 Å². The van der Waals surface area contributed by atoms with E-state index in [1.165, 1.54) is 18.4 Å². The van der Waals surface area contributed by atoms with Crippen molar-refractivity contribution in [2.24, 2.45) is 5.41 Å². The molecule has 26 heavy (non-hydrogen) atoms. The van der Waals surface area contributed by atoms with E-state index in [9.17, 15) is 14.0 Å². The molecule has 0 unspecified atom stereocenters. The molecule has 6 heteroatoms. The molecular weight excluding hydrogens is 335 g/mol. The Bertz CT molecular complexity index is 862. The molecule has 1 spiro atoms. The van der Waals surface area contributed by atoms with Gasteiger partial charge in [0, 0.05) is 26.2 Å². The zero-order valence-electron chi connectivity index (χ0n) is 14.7. The molecular formula is C20H21FN2O3. The molecule has 2 aliphatic heterocycles. The minimum Gasteiger partial charge on any atom is -0.469 e. The van der Waals surface area contributed by atoms with E-state index in [0.717, 1.165) is 12.0 Å². The summed E-state index contributed by atoms with van der Waals surface area (Å²) in [5, 5.41) is 0. The molecule has 2 fully saturated rings. The lowest BCUT2D eigenvalue weighted by Gasteiger charge is -2.23. The molecule has 5 nitrogen and oxygen atoms in total. The van der Waals surface area contributed by atoms with E-state index in [-0.39, 0.29) is 17.6 Å².